The number of likely N-dealkylation sites (N-methyl/N-ethyl adjacent to an activating group) is 1. The molecule has 1 amide bonds. The van der Waals surface area contributed by atoms with Gasteiger partial charge in [0.05, 0.1) is 5.56 Å². The third-order valence-electron chi connectivity index (χ3n) is 3.75. The molecule has 0 bridgehead atoms. The van der Waals surface area contributed by atoms with Gasteiger partial charge < -0.3 is 9.64 Å². The number of rotatable bonds is 6. The molecule has 0 spiro atoms. The molecule has 4 nitrogen and oxygen atoms in total. The number of benzene rings is 2. The summed E-state index contributed by atoms with van der Waals surface area (Å²) in [7, 11) is 1.43. The zero-order valence-corrected chi connectivity index (χ0v) is 14.9. The molecule has 28 heavy (non-hydrogen) atoms. The first-order valence-electron chi connectivity index (χ1n) is 8.16. The molecule has 0 radical (unpaired) electrons. The molecule has 0 aliphatic heterocycles. The first-order chi connectivity index (χ1) is 13.2. The van der Waals surface area contributed by atoms with Crippen LogP contribution in [0.5, 0.6) is 0 Å². The van der Waals surface area contributed by atoms with Crippen molar-refractivity contribution in [1.82, 2.24) is 4.90 Å². The molecule has 2 rings (SSSR count). The van der Waals surface area contributed by atoms with Gasteiger partial charge in [0.15, 0.2) is 6.61 Å². The highest BCUT2D eigenvalue weighted by atomic mass is 19.4. The zero-order chi connectivity index (χ0) is 20.7. The van der Waals surface area contributed by atoms with Gasteiger partial charge in [0.25, 0.3) is 5.91 Å². The second-order valence-corrected chi connectivity index (χ2v) is 5.91. The van der Waals surface area contributed by atoms with Gasteiger partial charge in [-0.2, -0.15) is 13.2 Å². The molecule has 0 N–H and O–H groups in total. The van der Waals surface area contributed by atoms with Gasteiger partial charge in [-0.25, -0.2) is 9.18 Å². The maximum Gasteiger partial charge on any atom is 0.416 e. The fourth-order valence-corrected chi connectivity index (χ4v) is 2.24. The molecule has 2 aromatic rings. The van der Waals surface area contributed by atoms with Crippen LogP contribution < -0.4 is 0 Å². The van der Waals surface area contributed by atoms with Crippen LogP contribution in [-0.2, 0) is 27.0 Å². The topological polar surface area (TPSA) is 46.6 Å². The molecule has 0 saturated carbocycles. The molecule has 0 fully saturated rings. The van der Waals surface area contributed by atoms with E-state index in [-0.39, 0.29) is 12.1 Å². The molecular formula is C20H17F4NO3. The van der Waals surface area contributed by atoms with Crippen LogP contribution in [0.3, 0.4) is 0 Å². The Balaban J connectivity index is 1.87. The zero-order valence-electron chi connectivity index (χ0n) is 14.9. The van der Waals surface area contributed by atoms with Gasteiger partial charge >= 0.3 is 12.1 Å². The van der Waals surface area contributed by atoms with Gasteiger partial charge in [-0.15, -0.1) is 0 Å². The van der Waals surface area contributed by atoms with Gasteiger partial charge in [-0.05, 0) is 29.8 Å². The number of hydrogen-bond donors (Lipinski definition) is 0. The molecule has 0 unspecified atom stereocenters. The van der Waals surface area contributed by atoms with Crippen molar-refractivity contribution in [1.29, 1.82) is 0 Å². The summed E-state index contributed by atoms with van der Waals surface area (Å²) in [5.41, 5.74) is -0.364. The van der Waals surface area contributed by atoms with E-state index in [2.05, 4.69) is 0 Å². The minimum atomic E-state index is -4.49. The molecule has 0 aromatic heterocycles. The van der Waals surface area contributed by atoms with Gasteiger partial charge in [-0.1, -0.05) is 30.3 Å². The maximum absolute atomic E-state index is 13.6. The number of nitrogens with zero attached hydrogens (tertiary/aromatic N) is 1. The van der Waals surface area contributed by atoms with Crippen LogP contribution in [-0.4, -0.2) is 30.4 Å². The summed E-state index contributed by atoms with van der Waals surface area (Å²) < 4.78 is 56.3. The smallest absolute Gasteiger partial charge is 0.416 e. The lowest BCUT2D eigenvalue weighted by Crippen LogP contribution is -2.30. The first-order valence-corrected chi connectivity index (χ1v) is 8.16. The summed E-state index contributed by atoms with van der Waals surface area (Å²) in [6.45, 7) is -0.570. The van der Waals surface area contributed by atoms with Crippen molar-refractivity contribution in [3.05, 3.63) is 77.1 Å². The summed E-state index contributed by atoms with van der Waals surface area (Å²) in [6, 6.07) is 10.4. The lowest BCUT2D eigenvalue weighted by atomic mass is 10.1. The van der Waals surface area contributed by atoms with Gasteiger partial charge in [0.1, 0.15) is 5.82 Å². The minimum absolute atomic E-state index is 0.00311. The lowest BCUT2D eigenvalue weighted by molar-refractivity contribution is -0.147. The second kappa shape index (κ2) is 9.16. The predicted octanol–water partition coefficient (Wildman–Crippen LogP) is 4.06. The fourth-order valence-electron chi connectivity index (χ4n) is 2.24. The van der Waals surface area contributed by atoms with Crippen molar-refractivity contribution < 1.29 is 31.9 Å². The Morgan fingerprint density at radius 2 is 1.82 bits per heavy atom. The maximum atomic E-state index is 13.6. The average Bonchev–Trinajstić information content (AvgIpc) is 2.65. The van der Waals surface area contributed by atoms with Crippen LogP contribution in [0.1, 0.15) is 16.7 Å². The molecule has 8 heteroatoms. The number of hydrogen-bond acceptors (Lipinski definition) is 3. The molecule has 0 aliphatic carbocycles. The molecule has 0 aliphatic rings. The van der Waals surface area contributed by atoms with Crippen molar-refractivity contribution in [3.63, 3.8) is 0 Å². The second-order valence-electron chi connectivity index (χ2n) is 5.91. The molecule has 148 valence electrons. The third-order valence-corrected chi connectivity index (χ3v) is 3.75. The standard InChI is InChI=1S/C20H17F4NO3/c1-25(12-15-6-2-3-8-17(15)21)18(26)13-28-19(27)10-9-14-5-4-7-16(11-14)20(22,23)24/h2-11H,12-13H2,1H3/b10-9+. The quantitative estimate of drug-likeness (QED) is 0.421. The van der Waals surface area contributed by atoms with E-state index in [1.807, 2.05) is 0 Å². The number of esters is 1. The highest BCUT2D eigenvalue weighted by Crippen LogP contribution is 2.29. The van der Waals surface area contributed by atoms with Crippen molar-refractivity contribution in [3.8, 4) is 0 Å². The van der Waals surface area contributed by atoms with Gasteiger partial charge in [0, 0.05) is 25.2 Å². The Morgan fingerprint density at radius 1 is 1.11 bits per heavy atom. The Kier molecular flexibility index (Phi) is 6.92. The summed E-state index contributed by atoms with van der Waals surface area (Å²) in [5.74, 6) is -1.89. The van der Waals surface area contributed by atoms with Crippen LogP contribution in [0.25, 0.3) is 6.08 Å². The van der Waals surface area contributed by atoms with E-state index in [4.69, 9.17) is 4.74 Å². The monoisotopic (exact) mass is 395 g/mol. The van der Waals surface area contributed by atoms with E-state index in [9.17, 15) is 27.2 Å². The highest BCUT2D eigenvalue weighted by molar-refractivity contribution is 5.89. The molecule has 2 aromatic carbocycles. The number of halogens is 4. The first kappa shape index (κ1) is 21.1. The largest absolute Gasteiger partial charge is 0.452 e. The van der Waals surface area contributed by atoms with Crippen LogP contribution in [0.4, 0.5) is 17.6 Å². The summed E-state index contributed by atoms with van der Waals surface area (Å²) >= 11 is 0. The summed E-state index contributed by atoms with van der Waals surface area (Å²) in [5, 5.41) is 0. The van der Waals surface area contributed by atoms with Crippen molar-refractivity contribution in [2.45, 2.75) is 12.7 Å². The number of carbonyl (C=O) groups excluding carboxylic acids is 2. The van der Waals surface area contributed by atoms with Crippen LogP contribution in [0.2, 0.25) is 0 Å². The summed E-state index contributed by atoms with van der Waals surface area (Å²) in [6.07, 6.45) is -2.40. The molecule has 0 heterocycles. The van der Waals surface area contributed by atoms with Crippen molar-refractivity contribution >= 4 is 18.0 Å². The molecular weight excluding hydrogens is 378 g/mol. The highest BCUT2D eigenvalue weighted by Gasteiger charge is 2.30. The predicted molar refractivity (Wildman–Crippen MR) is 94.3 cm³/mol. The Morgan fingerprint density at radius 3 is 2.50 bits per heavy atom. The van der Waals surface area contributed by atoms with Gasteiger partial charge in [0.2, 0.25) is 0 Å². The Labute approximate surface area is 159 Å². The number of ether oxygens (including phenoxy) is 1. The Hall–Kier alpha value is -3.16. The lowest BCUT2D eigenvalue weighted by Gasteiger charge is -2.17. The summed E-state index contributed by atoms with van der Waals surface area (Å²) in [4.78, 5) is 24.8. The third kappa shape index (κ3) is 6.22. The van der Waals surface area contributed by atoms with E-state index < -0.39 is 36.0 Å². The van der Waals surface area contributed by atoms with E-state index in [1.165, 1.54) is 42.3 Å². The van der Waals surface area contributed by atoms with E-state index in [0.717, 1.165) is 24.3 Å². The average molecular weight is 395 g/mol. The number of alkyl halides is 3. The SMILES string of the molecule is CN(Cc1ccccc1F)C(=O)COC(=O)/C=C/c1cccc(C(F)(F)F)c1. The van der Waals surface area contributed by atoms with Crippen molar-refractivity contribution in [2.24, 2.45) is 0 Å². The van der Waals surface area contributed by atoms with E-state index in [1.54, 1.807) is 6.07 Å². The van der Waals surface area contributed by atoms with Crippen molar-refractivity contribution in [2.75, 3.05) is 13.7 Å². The number of carbonyl (C=O) groups is 2. The molecule has 0 saturated heterocycles. The normalized spacial score (nSPS) is 11.5. The van der Waals surface area contributed by atoms with E-state index >= 15 is 0 Å². The van der Waals surface area contributed by atoms with Crippen LogP contribution in [0.15, 0.2) is 54.6 Å². The van der Waals surface area contributed by atoms with Gasteiger partial charge in [-0.3, -0.25) is 4.79 Å². The number of amides is 1. The minimum Gasteiger partial charge on any atom is -0.452 e. The van der Waals surface area contributed by atoms with Crippen LogP contribution >= 0.6 is 0 Å². The van der Waals surface area contributed by atoms with E-state index in [0.29, 0.717) is 5.56 Å². The van der Waals surface area contributed by atoms with Crippen LogP contribution in [0, 0.1) is 5.82 Å². The molecule has 0 atom stereocenters. The fraction of sp³-hybridized carbons (Fsp3) is 0.200. The Bertz CT molecular complexity index is 878.